The predicted octanol–water partition coefficient (Wildman–Crippen LogP) is 1.46. The van der Waals surface area contributed by atoms with Gasteiger partial charge in [0, 0.05) is 12.5 Å². The van der Waals surface area contributed by atoms with Gasteiger partial charge < -0.3 is 19.5 Å². The Kier molecular flexibility index (Phi) is 6.52. The standard InChI is InChI=1S/C18H23NO6/c1-23-16(21)18(17(22)24-2,11-10-14-9-6-12-19-14)25-15(20)13-7-4-3-5-8-13/h3-5,7-8,14,19H,6,9-12H2,1-2H3/t14-/m1/s1. The fourth-order valence-corrected chi connectivity index (χ4v) is 2.92. The van der Waals surface area contributed by atoms with Crippen molar-refractivity contribution in [2.45, 2.75) is 37.3 Å². The Morgan fingerprint density at radius 2 is 1.76 bits per heavy atom. The van der Waals surface area contributed by atoms with E-state index in [1.165, 1.54) is 0 Å². The second-order valence-corrected chi connectivity index (χ2v) is 5.90. The van der Waals surface area contributed by atoms with E-state index < -0.39 is 23.5 Å². The minimum Gasteiger partial charge on any atom is -0.466 e. The monoisotopic (exact) mass is 349 g/mol. The molecular formula is C18H23NO6. The molecule has 1 fully saturated rings. The summed E-state index contributed by atoms with van der Waals surface area (Å²) in [4.78, 5) is 37.2. The van der Waals surface area contributed by atoms with Crippen molar-refractivity contribution in [2.75, 3.05) is 20.8 Å². The first-order valence-electron chi connectivity index (χ1n) is 8.22. The van der Waals surface area contributed by atoms with Gasteiger partial charge in [-0.3, -0.25) is 0 Å². The molecule has 136 valence electrons. The Bertz CT molecular complexity index is 593. The number of carbonyl (C=O) groups excluding carboxylic acids is 3. The second kappa shape index (κ2) is 8.62. The fourth-order valence-electron chi connectivity index (χ4n) is 2.92. The van der Waals surface area contributed by atoms with E-state index in [2.05, 4.69) is 5.32 Å². The maximum atomic E-state index is 12.4. The van der Waals surface area contributed by atoms with Crippen LogP contribution in [0.3, 0.4) is 0 Å². The van der Waals surface area contributed by atoms with Crippen LogP contribution in [0.1, 0.15) is 36.0 Å². The lowest BCUT2D eigenvalue weighted by molar-refractivity contribution is -0.182. The van der Waals surface area contributed by atoms with Crippen LogP contribution in [0.2, 0.25) is 0 Å². The summed E-state index contributed by atoms with van der Waals surface area (Å²) in [5, 5.41) is 3.28. The van der Waals surface area contributed by atoms with Crippen LogP contribution in [-0.4, -0.2) is 50.3 Å². The molecule has 1 aliphatic rings. The van der Waals surface area contributed by atoms with Gasteiger partial charge in [-0.15, -0.1) is 0 Å². The van der Waals surface area contributed by atoms with Crippen LogP contribution >= 0.6 is 0 Å². The molecule has 7 nitrogen and oxygen atoms in total. The molecule has 0 saturated carbocycles. The summed E-state index contributed by atoms with van der Waals surface area (Å²) in [5.41, 5.74) is -1.88. The lowest BCUT2D eigenvalue weighted by Gasteiger charge is -2.29. The van der Waals surface area contributed by atoms with Crippen LogP contribution in [0.4, 0.5) is 0 Å². The van der Waals surface area contributed by atoms with Gasteiger partial charge in [-0.25, -0.2) is 14.4 Å². The fraction of sp³-hybridized carbons (Fsp3) is 0.500. The van der Waals surface area contributed by atoms with Gasteiger partial charge in [0.2, 0.25) is 0 Å². The van der Waals surface area contributed by atoms with Crippen molar-refractivity contribution in [1.82, 2.24) is 5.32 Å². The average Bonchev–Trinajstić information content (AvgIpc) is 3.18. The lowest BCUT2D eigenvalue weighted by Crippen LogP contribution is -2.52. The molecule has 1 aromatic rings. The van der Waals surface area contributed by atoms with E-state index in [4.69, 9.17) is 14.2 Å². The molecule has 1 heterocycles. The van der Waals surface area contributed by atoms with Gasteiger partial charge in [0.1, 0.15) is 0 Å². The highest BCUT2D eigenvalue weighted by Gasteiger charge is 2.52. The van der Waals surface area contributed by atoms with Crippen molar-refractivity contribution < 1.29 is 28.6 Å². The minimum atomic E-state index is -2.11. The zero-order valence-corrected chi connectivity index (χ0v) is 14.4. The van der Waals surface area contributed by atoms with Gasteiger partial charge in [0.05, 0.1) is 19.8 Å². The van der Waals surface area contributed by atoms with E-state index in [9.17, 15) is 14.4 Å². The summed E-state index contributed by atoms with van der Waals surface area (Å²) in [7, 11) is 2.29. The Morgan fingerprint density at radius 3 is 2.28 bits per heavy atom. The topological polar surface area (TPSA) is 90.9 Å². The van der Waals surface area contributed by atoms with E-state index in [1.54, 1.807) is 30.3 Å². The van der Waals surface area contributed by atoms with Crippen molar-refractivity contribution in [3.63, 3.8) is 0 Å². The number of hydrogen-bond acceptors (Lipinski definition) is 7. The number of esters is 3. The molecule has 2 rings (SSSR count). The Morgan fingerprint density at radius 1 is 1.12 bits per heavy atom. The zero-order chi connectivity index (χ0) is 18.3. The van der Waals surface area contributed by atoms with Gasteiger partial charge >= 0.3 is 23.5 Å². The van der Waals surface area contributed by atoms with Crippen LogP contribution in [-0.2, 0) is 23.8 Å². The quantitative estimate of drug-likeness (QED) is 0.453. The first kappa shape index (κ1) is 18.9. The molecule has 1 aliphatic heterocycles. The number of methoxy groups -OCH3 is 2. The average molecular weight is 349 g/mol. The molecule has 1 N–H and O–H groups in total. The maximum Gasteiger partial charge on any atom is 0.362 e. The highest BCUT2D eigenvalue weighted by molar-refractivity contribution is 6.06. The number of hydrogen-bond donors (Lipinski definition) is 1. The number of rotatable bonds is 7. The molecule has 0 amide bonds. The van der Waals surface area contributed by atoms with Crippen molar-refractivity contribution in [2.24, 2.45) is 0 Å². The molecule has 7 heteroatoms. The molecule has 1 atom stereocenters. The van der Waals surface area contributed by atoms with Crippen LogP contribution in [0.25, 0.3) is 0 Å². The van der Waals surface area contributed by atoms with E-state index in [-0.39, 0.29) is 18.0 Å². The Labute approximate surface area is 146 Å². The molecule has 0 unspecified atom stereocenters. The normalized spacial score (nSPS) is 17.0. The molecule has 1 aromatic carbocycles. The van der Waals surface area contributed by atoms with E-state index in [1.807, 2.05) is 0 Å². The summed E-state index contributed by atoms with van der Waals surface area (Å²) in [6.45, 7) is 0.887. The van der Waals surface area contributed by atoms with Crippen LogP contribution in [0.5, 0.6) is 0 Å². The highest BCUT2D eigenvalue weighted by atomic mass is 16.6. The molecular weight excluding hydrogens is 326 g/mol. The van der Waals surface area contributed by atoms with Gasteiger partial charge in [0.15, 0.2) is 0 Å². The van der Waals surface area contributed by atoms with Crippen molar-refractivity contribution in [1.29, 1.82) is 0 Å². The SMILES string of the molecule is COC(=O)C(CC[C@H]1CCCN1)(OC(=O)c1ccccc1)C(=O)OC. The minimum absolute atomic E-state index is 0.0113. The molecule has 0 radical (unpaired) electrons. The van der Waals surface area contributed by atoms with Gasteiger partial charge in [-0.05, 0) is 37.9 Å². The van der Waals surface area contributed by atoms with E-state index >= 15 is 0 Å². The molecule has 0 spiro atoms. The molecule has 0 bridgehead atoms. The highest BCUT2D eigenvalue weighted by Crippen LogP contribution is 2.27. The van der Waals surface area contributed by atoms with Gasteiger partial charge in [-0.1, -0.05) is 18.2 Å². The summed E-state index contributed by atoms with van der Waals surface area (Å²) < 4.78 is 14.9. The van der Waals surface area contributed by atoms with Gasteiger partial charge in [-0.2, -0.15) is 0 Å². The lowest BCUT2D eigenvalue weighted by atomic mass is 9.93. The number of ether oxygens (including phenoxy) is 3. The second-order valence-electron chi connectivity index (χ2n) is 5.90. The first-order valence-corrected chi connectivity index (χ1v) is 8.22. The van der Waals surface area contributed by atoms with Crippen LogP contribution < -0.4 is 5.32 Å². The Balaban J connectivity index is 2.26. The summed E-state index contributed by atoms with van der Waals surface area (Å²) in [6.07, 6.45) is 2.43. The van der Waals surface area contributed by atoms with Crippen LogP contribution in [0, 0.1) is 0 Å². The van der Waals surface area contributed by atoms with Crippen molar-refractivity contribution in [3.05, 3.63) is 35.9 Å². The first-order chi connectivity index (χ1) is 12.0. The van der Waals surface area contributed by atoms with Crippen molar-refractivity contribution in [3.8, 4) is 0 Å². The smallest absolute Gasteiger partial charge is 0.362 e. The predicted molar refractivity (Wildman–Crippen MR) is 88.9 cm³/mol. The summed E-state index contributed by atoms with van der Waals surface area (Å²) in [6, 6.07) is 8.31. The Hall–Kier alpha value is -2.41. The summed E-state index contributed by atoms with van der Waals surface area (Å²) in [5.74, 6) is -2.67. The summed E-state index contributed by atoms with van der Waals surface area (Å²) >= 11 is 0. The zero-order valence-electron chi connectivity index (χ0n) is 14.4. The molecule has 1 saturated heterocycles. The molecule has 0 aliphatic carbocycles. The number of benzene rings is 1. The third-order valence-electron chi connectivity index (χ3n) is 4.31. The van der Waals surface area contributed by atoms with Crippen LogP contribution in [0.15, 0.2) is 30.3 Å². The molecule has 25 heavy (non-hydrogen) atoms. The van der Waals surface area contributed by atoms with E-state index in [0.717, 1.165) is 33.6 Å². The largest absolute Gasteiger partial charge is 0.466 e. The maximum absolute atomic E-state index is 12.4. The third kappa shape index (κ3) is 4.36. The van der Waals surface area contributed by atoms with Crippen molar-refractivity contribution >= 4 is 17.9 Å². The molecule has 0 aromatic heterocycles. The van der Waals surface area contributed by atoms with Gasteiger partial charge in [0.25, 0.3) is 0 Å². The number of carbonyl (C=O) groups is 3. The van der Waals surface area contributed by atoms with E-state index in [0.29, 0.717) is 6.42 Å². The number of nitrogens with one attached hydrogen (secondary N) is 1. The third-order valence-corrected chi connectivity index (χ3v) is 4.31.